The van der Waals surface area contributed by atoms with Crippen LogP contribution in [0.2, 0.25) is 0 Å². The summed E-state index contributed by atoms with van der Waals surface area (Å²) in [6.07, 6.45) is 1.47. The number of hydrogen-bond acceptors (Lipinski definition) is 4. The van der Waals surface area contributed by atoms with Crippen LogP contribution in [0.3, 0.4) is 0 Å². The molecule has 1 aromatic heterocycles. The smallest absolute Gasteiger partial charge is 0.293 e. The Labute approximate surface area is 140 Å². The third-order valence-corrected chi connectivity index (χ3v) is 4.08. The first-order valence-electron chi connectivity index (χ1n) is 8.33. The summed E-state index contributed by atoms with van der Waals surface area (Å²) in [5, 5.41) is 7.61. The fourth-order valence-corrected chi connectivity index (χ4v) is 2.90. The molecule has 2 heterocycles. The number of nitrogens with one attached hydrogen (secondary N) is 1. The first-order valence-corrected chi connectivity index (χ1v) is 8.33. The van der Waals surface area contributed by atoms with Gasteiger partial charge in [-0.15, -0.1) is 5.10 Å². The van der Waals surface area contributed by atoms with E-state index in [1.807, 2.05) is 13.8 Å². The average molecular weight is 331 g/mol. The number of aryl methyl sites for hydroxylation is 1. The van der Waals surface area contributed by atoms with Crippen LogP contribution in [0.5, 0.6) is 0 Å². The van der Waals surface area contributed by atoms with E-state index in [9.17, 15) is 9.18 Å². The van der Waals surface area contributed by atoms with E-state index in [4.69, 9.17) is 0 Å². The lowest BCUT2D eigenvalue weighted by atomic mass is 10.2. The van der Waals surface area contributed by atoms with Crippen molar-refractivity contribution in [1.82, 2.24) is 25.0 Å². The Kier molecular flexibility index (Phi) is 4.89. The molecule has 0 unspecified atom stereocenters. The van der Waals surface area contributed by atoms with Crippen molar-refractivity contribution in [2.45, 2.75) is 32.7 Å². The van der Waals surface area contributed by atoms with Gasteiger partial charge in [-0.1, -0.05) is 19.1 Å². The van der Waals surface area contributed by atoms with Gasteiger partial charge in [-0.2, -0.15) is 0 Å². The van der Waals surface area contributed by atoms with Crippen LogP contribution in [0, 0.1) is 5.82 Å². The largest absolute Gasteiger partial charge is 0.333 e. The van der Waals surface area contributed by atoms with Crippen molar-refractivity contribution < 1.29 is 9.18 Å². The number of amides is 1. The zero-order valence-electron chi connectivity index (χ0n) is 14.0. The number of piperazine rings is 1. The van der Waals surface area contributed by atoms with E-state index in [2.05, 4.69) is 15.4 Å². The number of aromatic nitrogens is 3. The molecule has 2 aromatic rings. The van der Waals surface area contributed by atoms with Crippen LogP contribution < -0.4 is 5.32 Å². The quantitative estimate of drug-likeness (QED) is 0.928. The van der Waals surface area contributed by atoms with Crippen LogP contribution in [0.15, 0.2) is 24.3 Å². The van der Waals surface area contributed by atoms with Crippen LogP contribution in [0.1, 0.15) is 36.7 Å². The number of para-hydroxylation sites is 1. The van der Waals surface area contributed by atoms with Gasteiger partial charge in [-0.25, -0.2) is 14.1 Å². The molecule has 0 radical (unpaired) electrons. The molecule has 6 nitrogen and oxygen atoms in total. The molecule has 24 heavy (non-hydrogen) atoms. The lowest BCUT2D eigenvalue weighted by Crippen LogP contribution is -2.51. The highest BCUT2D eigenvalue weighted by atomic mass is 19.1. The SMILES string of the molecule is CCCc1nc(C(=O)N2CCN[C@@H](C)C2)nn1-c1ccccc1F. The summed E-state index contributed by atoms with van der Waals surface area (Å²) in [7, 11) is 0. The molecule has 1 aromatic carbocycles. The van der Waals surface area contributed by atoms with Gasteiger partial charge in [0.1, 0.15) is 17.3 Å². The lowest BCUT2D eigenvalue weighted by Gasteiger charge is -2.31. The number of carbonyl (C=O) groups is 1. The molecule has 3 rings (SSSR count). The normalized spacial score (nSPS) is 18.0. The van der Waals surface area contributed by atoms with E-state index >= 15 is 0 Å². The topological polar surface area (TPSA) is 63.1 Å². The van der Waals surface area contributed by atoms with Gasteiger partial charge >= 0.3 is 0 Å². The standard InChI is InChI=1S/C17H22FN5O/c1-3-6-15-20-16(17(24)22-10-9-19-12(2)11-22)21-23(15)14-8-5-4-7-13(14)18/h4-5,7-8,12,19H,3,6,9-11H2,1-2H3/t12-/m0/s1. The van der Waals surface area contributed by atoms with Crippen molar-refractivity contribution in [1.29, 1.82) is 0 Å². The summed E-state index contributed by atoms with van der Waals surface area (Å²) in [6.45, 7) is 6.05. The van der Waals surface area contributed by atoms with Crippen molar-refractivity contribution in [3.05, 3.63) is 41.7 Å². The molecular formula is C17H22FN5O. The molecule has 1 aliphatic heterocycles. The minimum atomic E-state index is -0.380. The summed E-state index contributed by atoms with van der Waals surface area (Å²) >= 11 is 0. The number of hydrogen-bond donors (Lipinski definition) is 1. The van der Waals surface area contributed by atoms with Crippen LogP contribution in [-0.4, -0.2) is 51.2 Å². The first-order chi connectivity index (χ1) is 11.6. The third-order valence-electron chi connectivity index (χ3n) is 4.08. The maximum Gasteiger partial charge on any atom is 0.293 e. The number of nitrogens with zero attached hydrogens (tertiary/aromatic N) is 4. The molecule has 1 fully saturated rings. The van der Waals surface area contributed by atoms with Crippen LogP contribution in [-0.2, 0) is 6.42 Å². The van der Waals surface area contributed by atoms with Crippen molar-refractivity contribution in [3.63, 3.8) is 0 Å². The highest BCUT2D eigenvalue weighted by Gasteiger charge is 2.26. The Morgan fingerprint density at radius 3 is 2.92 bits per heavy atom. The molecular weight excluding hydrogens is 309 g/mol. The Bertz CT molecular complexity index is 730. The molecule has 1 N–H and O–H groups in total. The lowest BCUT2D eigenvalue weighted by molar-refractivity contribution is 0.0696. The Hall–Kier alpha value is -2.28. The van der Waals surface area contributed by atoms with E-state index in [0.717, 1.165) is 13.0 Å². The summed E-state index contributed by atoms with van der Waals surface area (Å²) in [5.74, 6) is 0.162. The molecule has 1 amide bonds. The van der Waals surface area contributed by atoms with Crippen LogP contribution >= 0.6 is 0 Å². The second-order valence-electron chi connectivity index (χ2n) is 6.07. The molecule has 0 aliphatic carbocycles. The van der Waals surface area contributed by atoms with Gasteiger partial charge in [-0.05, 0) is 25.5 Å². The maximum atomic E-state index is 14.1. The van der Waals surface area contributed by atoms with Gasteiger partial charge in [0.2, 0.25) is 5.82 Å². The highest BCUT2D eigenvalue weighted by Crippen LogP contribution is 2.16. The van der Waals surface area contributed by atoms with E-state index in [1.165, 1.54) is 10.7 Å². The Morgan fingerprint density at radius 2 is 2.21 bits per heavy atom. The van der Waals surface area contributed by atoms with Crippen LogP contribution in [0.4, 0.5) is 4.39 Å². The van der Waals surface area contributed by atoms with Crippen LogP contribution in [0.25, 0.3) is 5.69 Å². The maximum absolute atomic E-state index is 14.1. The molecule has 7 heteroatoms. The zero-order valence-corrected chi connectivity index (χ0v) is 14.0. The van der Waals surface area contributed by atoms with Gasteiger partial charge in [0, 0.05) is 32.1 Å². The van der Waals surface area contributed by atoms with E-state index in [1.54, 1.807) is 23.1 Å². The summed E-state index contributed by atoms with van der Waals surface area (Å²) < 4.78 is 15.6. The monoisotopic (exact) mass is 331 g/mol. The minimum absolute atomic E-state index is 0.135. The fourth-order valence-electron chi connectivity index (χ4n) is 2.90. The van der Waals surface area contributed by atoms with Gasteiger partial charge < -0.3 is 10.2 Å². The molecule has 1 saturated heterocycles. The number of carbonyl (C=O) groups excluding carboxylic acids is 1. The third kappa shape index (κ3) is 3.31. The van der Waals surface area contributed by atoms with Crippen molar-refractivity contribution >= 4 is 5.91 Å². The van der Waals surface area contributed by atoms with Gasteiger partial charge in [0.25, 0.3) is 5.91 Å². The second kappa shape index (κ2) is 7.09. The molecule has 128 valence electrons. The van der Waals surface area contributed by atoms with Gasteiger partial charge in [-0.3, -0.25) is 4.79 Å². The van der Waals surface area contributed by atoms with Crippen molar-refractivity contribution in [2.75, 3.05) is 19.6 Å². The Morgan fingerprint density at radius 1 is 1.42 bits per heavy atom. The first kappa shape index (κ1) is 16.6. The molecule has 1 atom stereocenters. The molecule has 0 saturated carbocycles. The molecule has 0 spiro atoms. The van der Waals surface area contributed by atoms with E-state index in [-0.39, 0.29) is 23.6 Å². The minimum Gasteiger partial charge on any atom is -0.333 e. The number of rotatable bonds is 4. The van der Waals surface area contributed by atoms with E-state index < -0.39 is 0 Å². The van der Waals surface area contributed by atoms with E-state index in [0.29, 0.717) is 31.0 Å². The second-order valence-corrected chi connectivity index (χ2v) is 6.07. The summed E-state index contributed by atoms with van der Waals surface area (Å²) in [5.41, 5.74) is 0.321. The average Bonchev–Trinajstić information content (AvgIpc) is 2.99. The fraction of sp³-hybridized carbons (Fsp3) is 0.471. The molecule has 0 bridgehead atoms. The Balaban J connectivity index is 1.94. The number of benzene rings is 1. The number of halogens is 1. The van der Waals surface area contributed by atoms with Crippen molar-refractivity contribution in [2.24, 2.45) is 0 Å². The highest BCUT2D eigenvalue weighted by molar-refractivity contribution is 5.90. The summed E-state index contributed by atoms with van der Waals surface area (Å²) in [4.78, 5) is 18.8. The van der Waals surface area contributed by atoms with Gasteiger partial charge in [0.15, 0.2) is 0 Å². The predicted octanol–water partition coefficient (Wildman–Crippen LogP) is 1.79. The predicted molar refractivity (Wildman–Crippen MR) is 88.7 cm³/mol. The van der Waals surface area contributed by atoms with Gasteiger partial charge in [0.05, 0.1) is 0 Å². The summed E-state index contributed by atoms with van der Waals surface area (Å²) in [6, 6.07) is 6.64. The molecule has 1 aliphatic rings. The zero-order chi connectivity index (χ0) is 17.1. The van der Waals surface area contributed by atoms with Crippen molar-refractivity contribution in [3.8, 4) is 5.69 Å².